The lowest BCUT2D eigenvalue weighted by atomic mass is 9.96. The molecule has 30 heavy (non-hydrogen) atoms. The predicted octanol–water partition coefficient (Wildman–Crippen LogP) is 4.09. The highest BCUT2D eigenvalue weighted by molar-refractivity contribution is 7.89. The fraction of sp³-hybridized carbons (Fsp3) is 0.364. The van der Waals surface area contributed by atoms with Gasteiger partial charge >= 0.3 is 5.97 Å². The SMILES string of the molecule is CCCCC(C)c1ccc(Oc2ccccc2S(=O)(=O)NC(C=O)CC(=O)O)cc1. The molecule has 162 valence electrons. The summed E-state index contributed by atoms with van der Waals surface area (Å²) in [6.07, 6.45) is 3.00. The molecule has 0 fully saturated rings. The molecule has 7 nitrogen and oxygen atoms in total. The number of hydrogen-bond donors (Lipinski definition) is 2. The number of hydrogen-bond acceptors (Lipinski definition) is 5. The number of carboxylic acids is 1. The van der Waals surface area contributed by atoms with E-state index in [4.69, 9.17) is 9.84 Å². The molecule has 0 saturated carbocycles. The van der Waals surface area contributed by atoms with Crippen molar-refractivity contribution in [1.29, 1.82) is 0 Å². The maximum absolute atomic E-state index is 12.7. The minimum absolute atomic E-state index is 0.0803. The summed E-state index contributed by atoms with van der Waals surface area (Å²) >= 11 is 0. The van der Waals surface area contributed by atoms with Gasteiger partial charge in [-0.25, -0.2) is 13.1 Å². The van der Waals surface area contributed by atoms with Gasteiger partial charge < -0.3 is 14.6 Å². The van der Waals surface area contributed by atoms with Gasteiger partial charge in [0.25, 0.3) is 0 Å². The lowest BCUT2D eigenvalue weighted by molar-refractivity contribution is -0.138. The van der Waals surface area contributed by atoms with Crippen LogP contribution in [0.5, 0.6) is 11.5 Å². The Morgan fingerprint density at radius 3 is 2.43 bits per heavy atom. The molecule has 0 heterocycles. The van der Waals surface area contributed by atoms with E-state index in [1.165, 1.54) is 23.8 Å². The van der Waals surface area contributed by atoms with Gasteiger partial charge in [-0.05, 0) is 42.2 Å². The summed E-state index contributed by atoms with van der Waals surface area (Å²) < 4.78 is 33.3. The van der Waals surface area contributed by atoms with E-state index in [-0.39, 0.29) is 16.9 Å². The number of para-hydroxylation sites is 1. The summed E-state index contributed by atoms with van der Waals surface area (Å²) in [5, 5.41) is 8.82. The molecule has 0 saturated heterocycles. The van der Waals surface area contributed by atoms with Crippen molar-refractivity contribution in [2.75, 3.05) is 0 Å². The first-order chi connectivity index (χ1) is 14.3. The minimum Gasteiger partial charge on any atom is -0.481 e. The van der Waals surface area contributed by atoms with Crippen molar-refractivity contribution >= 4 is 22.3 Å². The zero-order chi connectivity index (χ0) is 22.1. The molecule has 2 N–H and O–H groups in total. The van der Waals surface area contributed by atoms with E-state index >= 15 is 0 Å². The fourth-order valence-corrected chi connectivity index (χ4v) is 4.29. The summed E-state index contributed by atoms with van der Waals surface area (Å²) in [7, 11) is -4.17. The van der Waals surface area contributed by atoms with Crippen LogP contribution in [-0.2, 0) is 19.6 Å². The van der Waals surface area contributed by atoms with Crippen molar-refractivity contribution in [3.8, 4) is 11.5 Å². The highest BCUT2D eigenvalue weighted by Crippen LogP contribution is 2.30. The number of sulfonamides is 1. The number of rotatable bonds is 12. The van der Waals surface area contributed by atoms with E-state index in [1.54, 1.807) is 18.2 Å². The number of benzene rings is 2. The molecule has 0 aromatic heterocycles. The summed E-state index contributed by atoms with van der Waals surface area (Å²) in [5.41, 5.74) is 1.18. The molecule has 2 rings (SSSR count). The highest BCUT2D eigenvalue weighted by atomic mass is 32.2. The Morgan fingerprint density at radius 1 is 1.17 bits per heavy atom. The third-order valence-electron chi connectivity index (χ3n) is 4.67. The minimum atomic E-state index is -4.17. The van der Waals surface area contributed by atoms with E-state index in [2.05, 4.69) is 18.6 Å². The van der Waals surface area contributed by atoms with Gasteiger partial charge in [-0.3, -0.25) is 4.79 Å². The smallest absolute Gasteiger partial charge is 0.305 e. The van der Waals surface area contributed by atoms with Crippen LogP contribution in [0.1, 0.15) is 51.0 Å². The van der Waals surface area contributed by atoms with E-state index in [0.29, 0.717) is 11.7 Å². The molecule has 0 spiro atoms. The van der Waals surface area contributed by atoms with E-state index in [1.807, 2.05) is 12.1 Å². The van der Waals surface area contributed by atoms with Crippen LogP contribution in [0.3, 0.4) is 0 Å². The number of ether oxygens (including phenoxy) is 1. The first-order valence-corrected chi connectivity index (χ1v) is 11.3. The molecule has 2 atom stereocenters. The lowest BCUT2D eigenvalue weighted by Gasteiger charge is -2.15. The fourth-order valence-electron chi connectivity index (χ4n) is 2.99. The number of unbranched alkanes of at least 4 members (excludes halogenated alkanes) is 1. The van der Waals surface area contributed by atoms with Crippen LogP contribution in [0.25, 0.3) is 0 Å². The second kappa shape index (κ2) is 10.9. The normalized spacial score (nSPS) is 13.4. The topological polar surface area (TPSA) is 110 Å². The Balaban J connectivity index is 2.20. The molecule has 8 heteroatoms. The zero-order valence-corrected chi connectivity index (χ0v) is 17.9. The van der Waals surface area contributed by atoms with Crippen molar-refractivity contribution in [3.63, 3.8) is 0 Å². The monoisotopic (exact) mass is 433 g/mol. The van der Waals surface area contributed by atoms with Crippen LogP contribution in [0.4, 0.5) is 0 Å². The third kappa shape index (κ3) is 6.67. The summed E-state index contributed by atoms with van der Waals surface area (Å²) in [4.78, 5) is 21.7. The van der Waals surface area contributed by atoms with Crippen LogP contribution < -0.4 is 9.46 Å². The molecular weight excluding hydrogens is 406 g/mol. The number of carboxylic acid groups (broad SMARTS) is 1. The highest BCUT2D eigenvalue weighted by Gasteiger charge is 2.25. The lowest BCUT2D eigenvalue weighted by Crippen LogP contribution is -2.37. The van der Waals surface area contributed by atoms with Crippen molar-refractivity contribution in [1.82, 2.24) is 4.72 Å². The predicted molar refractivity (Wildman–Crippen MR) is 113 cm³/mol. The Hall–Kier alpha value is -2.71. The first kappa shape index (κ1) is 23.6. The number of aliphatic carboxylic acids is 1. The largest absolute Gasteiger partial charge is 0.481 e. The second-order valence-corrected chi connectivity index (χ2v) is 8.81. The Morgan fingerprint density at radius 2 is 1.83 bits per heavy atom. The third-order valence-corrected chi connectivity index (χ3v) is 6.20. The molecule has 0 bridgehead atoms. The van der Waals surface area contributed by atoms with E-state index in [9.17, 15) is 18.0 Å². The molecule has 0 aliphatic heterocycles. The van der Waals surface area contributed by atoms with Gasteiger partial charge in [0, 0.05) is 0 Å². The quantitative estimate of drug-likeness (QED) is 0.488. The van der Waals surface area contributed by atoms with Crippen LogP contribution in [-0.4, -0.2) is 31.8 Å². The average Bonchev–Trinajstić information content (AvgIpc) is 2.71. The summed E-state index contributed by atoms with van der Waals surface area (Å²) in [6, 6.07) is 12.1. The number of nitrogens with one attached hydrogen (secondary N) is 1. The van der Waals surface area contributed by atoms with Gasteiger partial charge in [0.15, 0.2) is 0 Å². The van der Waals surface area contributed by atoms with Crippen molar-refractivity contribution in [2.45, 2.75) is 56.4 Å². The second-order valence-electron chi connectivity index (χ2n) is 7.12. The average molecular weight is 434 g/mol. The Labute approximate surface area is 177 Å². The van der Waals surface area contributed by atoms with Gasteiger partial charge in [0.05, 0.1) is 12.5 Å². The van der Waals surface area contributed by atoms with E-state index in [0.717, 1.165) is 19.3 Å². The molecule has 2 unspecified atom stereocenters. The Bertz CT molecular complexity index is 956. The molecule has 0 radical (unpaired) electrons. The zero-order valence-electron chi connectivity index (χ0n) is 17.1. The maximum atomic E-state index is 12.7. The van der Waals surface area contributed by atoms with Crippen LogP contribution in [0.2, 0.25) is 0 Å². The molecule has 0 amide bonds. The van der Waals surface area contributed by atoms with Crippen LogP contribution in [0, 0.1) is 0 Å². The van der Waals surface area contributed by atoms with Gasteiger partial charge in [-0.15, -0.1) is 0 Å². The van der Waals surface area contributed by atoms with Crippen molar-refractivity contribution < 1.29 is 27.9 Å². The first-order valence-electron chi connectivity index (χ1n) is 9.83. The van der Waals surface area contributed by atoms with E-state index < -0.39 is 28.5 Å². The van der Waals surface area contributed by atoms with Gasteiger partial charge in [-0.1, -0.05) is 51.0 Å². The maximum Gasteiger partial charge on any atom is 0.305 e. The number of carbonyl (C=O) groups excluding carboxylic acids is 1. The van der Waals surface area contributed by atoms with Crippen LogP contribution in [0.15, 0.2) is 53.4 Å². The van der Waals surface area contributed by atoms with Gasteiger partial charge in [-0.2, -0.15) is 0 Å². The molecule has 0 aliphatic rings. The molecule has 0 aliphatic carbocycles. The van der Waals surface area contributed by atoms with Crippen LogP contribution >= 0.6 is 0 Å². The van der Waals surface area contributed by atoms with Crippen molar-refractivity contribution in [2.24, 2.45) is 0 Å². The summed E-state index contributed by atoms with van der Waals surface area (Å²) in [6.45, 7) is 4.32. The molecular formula is C22H27NO6S. The van der Waals surface area contributed by atoms with Gasteiger partial charge in [0.1, 0.15) is 22.7 Å². The molecule has 2 aromatic rings. The molecule has 2 aromatic carbocycles. The van der Waals surface area contributed by atoms with Gasteiger partial charge in [0.2, 0.25) is 10.0 Å². The Kier molecular flexibility index (Phi) is 8.56. The standard InChI is InChI=1S/C22H27NO6S/c1-3-4-7-16(2)17-10-12-19(13-11-17)29-20-8-5-6-9-21(20)30(27,28)23-18(15-24)14-22(25)26/h5-6,8-13,15-16,18,23H,3-4,7,14H2,1-2H3,(H,25,26). The summed E-state index contributed by atoms with van der Waals surface area (Å²) in [5.74, 6) is -0.309. The number of carbonyl (C=O) groups is 2. The van der Waals surface area contributed by atoms with Crippen molar-refractivity contribution in [3.05, 3.63) is 54.1 Å². The number of aldehydes is 1.